The molecule has 0 saturated carbocycles. The van der Waals surface area contributed by atoms with E-state index in [-0.39, 0.29) is 14.2 Å². The first-order valence-corrected chi connectivity index (χ1v) is 17.8. The monoisotopic (exact) mass is 707 g/mol. The number of thiophene rings is 1. The molecule has 1 fully saturated rings. The lowest BCUT2D eigenvalue weighted by molar-refractivity contribution is -0.121. The number of para-hydroxylation sites is 1. The molecule has 50 heavy (non-hydrogen) atoms. The molecule has 1 aliphatic rings. The van der Waals surface area contributed by atoms with Gasteiger partial charge < -0.3 is 34.2 Å². The Bertz CT molecular complexity index is 2010. The zero-order valence-corrected chi connectivity index (χ0v) is 31.3. The number of nitrogens with zero attached hydrogens (tertiary/aromatic N) is 1. The van der Waals surface area contributed by atoms with Crippen molar-refractivity contribution in [1.29, 1.82) is 0 Å². The number of alkyl carbamates (subject to hydrolysis) is 1. The highest BCUT2D eigenvalue weighted by molar-refractivity contribution is 7.26. The highest BCUT2D eigenvalue weighted by Crippen LogP contribution is 2.42. The number of methoxy groups -OCH3 is 1. The van der Waals surface area contributed by atoms with Crippen molar-refractivity contribution in [3.05, 3.63) is 70.9 Å². The van der Waals surface area contributed by atoms with Gasteiger partial charge in [-0.2, -0.15) is 0 Å². The van der Waals surface area contributed by atoms with Crippen LogP contribution in [0.15, 0.2) is 69.9 Å². The van der Waals surface area contributed by atoms with Gasteiger partial charge in [0.1, 0.15) is 16.7 Å². The van der Waals surface area contributed by atoms with Crippen molar-refractivity contribution in [3.63, 3.8) is 0 Å². The number of anilines is 2. The lowest BCUT2D eigenvalue weighted by Crippen LogP contribution is -2.53. The molecule has 1 aliphatic heterocycles. The van der Waals surface area contributed by atoms with Crippen molar-refractivity contribution < 1.29 is 31.1 Å². The van der Waals surface area contributed by atoms with Gasteiger partial charge in [-0.25, -0.2) is 4.79 Å². The average molecular weight is 708 g/mol. The summed E-state index contributed by atoms with van der Waals surface area (Å²) in [6.45, 7) is 17.8. The summed E-state index contributed by atoms with van der Waals surface area (Å²) in [6, 6.07) is 19.1. The number of rotatable bonds is 6. The van der Waals surface area contributed by atoms with Crippen molar-refractivity contribution in [1.82, 2.24) is 5.32 Å². The summed E-state index contributed by atoms with van der Waals surface area (Å²) in [5.74, 6) is 0.177. The Morgan fingerprint density at radius 3 is 2.20 bits per heavy atom. The Kier molecular flexibility index (Phi) is 12.7. The number of hydrogen-bond donors (Lipinski definition) is 2. The highest BCUT2D eigenvalue weighted by atomic mass is 32.1. The fraction of sp³-hybridized carbons (Fsp3) is 0.410. The maximum absolute atomic E-state index is 13.2. The molecule has 0 aliphatic carbocycles. The van der Waals surface area contributed by atoms with Crippen LogP contribution in [0.3, 0.4) is 0 Å². The lowest BCUT2D eigenvalue weighted by atomic mass is 10.00. The first kappa shape index (κ1) is 38.4. The minimum Gasteiger partial charge on any atom is -0.444 e. The largest absolute Gasteiger partial charge is 0.444 e. The second kappa shape index (κ2) is 16.5. The lowest BCUT2D eigenvalue weighted by Gasteiger charge is -2.27. The Morgan fingerprint density at radius 2 is 1.56 bits per heavy atom. The van der Waals surface area contributed by atoms with E-state index in [0.717, 1.165) is 37.9 Å². The SMILES string of the molecule is CC.CC(C)(C)OC(=O)NC(C)(C)C(=O)Nc1ccc2sc3c(-c4cccc5c(=O)cc(N6CCOCC6)oc45)cccc3c2c1.CCOC.[HH].[HH]. The van der Waals surface area contributed by atoms with Crippen LogP contribution < -0.4 is 21.0 Å². The van der Waals surface area contributed by atoms with Crippen LogP contribution >= 0.6 is 11.3 Å². The molecule has 0 radical (unpaired) electrons. The molecule has 3 aromatic carbocycles. The van der Waals surface area contributed by atoms with E-state index in [2.05, 4.69) is 21.4 Å². The number of hydrogen-bond acceptors (Lipinski definition) is 9. The van der Waals surface area contributed by atoms with E-state index in [0.29, 0.717) is 48.8 Å². The number of morpholine rings is 1. The molecular formula is C39H53N3O7S. The van der Waals surface area contributed by atoms with Crippen molar-refractivity contribution >= 4 is 66.1 Å². The van der Waals surface area contributed by atoms with Crippen LogP contribution in [-0.2, 0) is 19.0 Å². The molecule has 2 aromatic heterocycles. The van der Waals surface area contributed by atoms with Crippen LogP contribution in [0, 0.1) is 0 Å². The Hall–Kier alpha value is -4.45. The van der Waals surface area contributed by atoms with Gasteiger partial charge in [-0.15, -0.1) is 11.3 Å². The van der Waals surface area contributed by atoms with Crippen molar-refractivity contribution in [2.75, 3.05) is 50.2 Å². The van der Waals surface area contributed by atoms with Gasteiger partial charge in [0, 0.05) is 72.7 Å². The van der Waals surface area contributed by atoms with Crippen molar-refractivity contribution in [2.45, 2.75) is 66.5 Å². The molecule has 2 amide bonds. The van der Waals surface area contributed by atoms with E-state index >= 15 is 0 Å². The van der Waals surface area contributed by atoms with Gasteiger partial charge in [-0.05, 0) is 65.8 Å². The van der Waals surface area contributed by atoms with Gasteiger partial charge >= 0.3 is 6.09 Å². The molecule has 0 atom stereocenters. The summed E-state index contributed by atoms with van der Waals surface area (Å²) >= 11 is 1.64. The number of benzene rings is 3. The van der Waals surface area contributed by atoms with E-state index in [1.807, 2.05) is 68.1 Å². The van der Waals surface area contributed by atoms with Gasteiger partial charge in [0.15, 0.2) is 11.3 Å². The van der Waals surface area contributed by atoms with Crippen LogP contribution in [0.5, 0.6) is 0 Å². The normalized spacial score (nSPS) is 13.3. The van der Waals surface area contributed by atoms with Gasteiger partial charge in [-0.3, -0.25) is 9.59 Å². The second-order valence-electron chi connectivity index (χ2n) is 13.0. The first-order chi connectivity index (χ1) is 23.8. The summed E-state index contributed by atoms with van der Waals surface area (Å²) in [5, 5.41) is 8.13. The van der Waals surface area contributed by atoms with E-state index < -0.39 is 17.2 Å². The smallest absolute Gasteiger partial charge is 0.408 e. The maximum atomic E-state index is 13.2. The third-order valence-corrected chi connectivity index (χ3v) is 9.00. The molecular weight excluding hydrogens is 655 g/mol. The first-order valence-electron chi connectivity index (χ1n) is 17.0. The minimum atomic E-state index is -1.21. The quantitative estimate of drug-likeness (QED) is 0.179. The molecule has 0 spiro atoms. The Balaban J connectivity index is 0.00000110. The van der Waals surface area contributed by atoms with Crippen LogP contribution in [-0.4, -0.2) is 63.2 Å². The molecule has 11 heteroatoms. The fourth-order valence-electron chi connectivity index (χ4n) is 5.31. The standard InChI is InChI=1S/C34H35N3O6S.C3H8O.C2H6.2H2/c1-33(2,3)43-32(40)36-34(4,5)31(39)35-20-12-13-27-25(18-20)23-10-7-9-22(30(23)44-27)21-8-6-11-24-26(38)19-28(42-29(21)24)37-14-16-41-17-15-37;1-3-4-2;1-2;;/h6-13,18-19H,14-17H2,1-5H3,(H,35,39)(H,36,40);3H2,1-2H3;1-2H3;2*1H. The fourth-order valence-corrected chi connectivity index (χ4v) is 6.52. The number of fused-ring (bicyclic) bond motifs is 4. The van der Waals surface area contributed by atoms with Crippen LogP contribution in [0.25, 0.3) is 42.3 Å². The van der Waals surface area contributed by atoms with Gasteiger partial charge in [0.2, 0.25) is 5.91 Å². The van der Waals surface area contributed by atoms with E-state index in [4.69, 9.17) is 13.9 Å². The highest BCUT2D eigenvalue weighted by Gasteiger charge is 2.32. The van der Waals surface area contributed by atoms with E-state index in [1.54, 1.807) is 65.2 Å². The molecule has 272 valence electrons. The van der Waals surface area contributed by atoms with Crippen LogP contribution in [0.4, 0.5) is 16.4 Å². The van der Waals surface area contributed by atoms with Crippen LogP contribution in [0.2, 0.25) is 0 Å². The number of amides is 2. The third-order valence-electron chi connectivity index (χ3n) is 7.78. The summed E-state index contributed by atoms with van der Waals surface area (Å²) < 4.78 is 23.9. The predicted molar refractivity (Wildman–Crippen MR) is 209 cm³/mol. The molecule has 0 bridgehead atoms. The van der Waals surface area contributed by atoms with Crippen molar-refractivity contribution in [3.8, 4) is 11.1 Å². The molecule has 10 nitrogen and oxygen atoms in total. The third kappa shape index (κ3) is 9.01. The number of ether oxygens (including phenoxy) is 3. The minimum absolute atomic E-state index is 0. The van der Waals surface area contributed by atoms with Crippen molar-refractivity contribution in [2.24, 2.45) is 0 Å². The average Bonchev–Trinajstić information content (AvgIpc) is 3.46. The summed E-state index contributed by atoms with van der Waals surface area (Å²) in [7, 11) is 1.68. The summed E-state index contributed by atoms with van der Waals surface area (Å²) in [6.07, 6.45) is -0.661. The van der Waals surface area contributed by atoms with Gasteiger partial charge in [-0.1, -0.05) is 44.2 Å². The van der Waals surface area contributed by atoms with Gasteiger partial charge in [0.25, 0.3) is 0 Å². The molecule has 3 heterocycles. The predicted octanol–water partition coefficient (Wildman–Crippen LogP) is 9.08. The van der Waals surface area contributed by atoms with E-state index in [9.17, 15) is 14.4 Å². The Labute approximate surface area is 300 Å². The number of carbonyl (C=O) groups excluding carboxylic acids is 2. The molecule has 5 aromatic rings. The van der Waals surface area contributed by atoms with Gasteiger partial charge in [0.05, 0.1) is 18.6 Å². The molecule has 6 rings (SSSR count). The molecule has 0 unspecified atom stereocenters. The zero-order valence-electron chi connectivity index (χ0n) is 30.5. The summed E-state index contributed by atoms with van der Waals surface area (Å²) in [5.41, 5.74) is 1.00. The number of carbonyl (C=O) groups is 2. The molecule has 2 N–H and O–H groups in total. The number of nitrogens with one attached hydrogen (secondary N) is 2. The van der Waals surface area contributed by atoms with E-state index in [1.165, 1.54) is 0 Å². The van der Waals surface area contributed by atoms with Crippen LogP contribution in [0.1, 0.15) is 58.2 Å². The zero-order chi connectivity index (χ0) is 36.6. The summed E-state index contributed by atoms with van der Waals surface area (Å²) in [4.78, 5) is 40.7. The molecule has 1 saturated heterocycles. The second-order valence-corrected chi connectivity index (χ2v) is 14.1. The topological polar surface area (TPSA) is 119 Å². The maximum Gasteiger partial charge on any atom is 0.408 e. The Morgan fingerprint density at radius 1 is 0.920 bits per heavy atom.